The Hall–Kier alpha value is -2.15. The predicted molar refractivity (Wildman–Crippen MR) is 92.6 cm³/mol. The standard InChI is InChI=1S/C17H25FN4O2/c1-3-24-15-7-9-22(10-8-15)17(19-2)20-12-16(23)21-14-6-4-5-13(18)11-14/h4-6,11,15H,3,7-10,12H2,1-2H3,(H,19,20)(H,21,23). The van der Waals surface area contributed by atoms with Crippen LogP contribution in [0.1, 0.15) is 19.8 Å². The maximum absolute atomic E-state index is 13.1. The van der Waals surface area contributed by atoms with Crippen LogP contribution >= 0.6 is 0 Å². The van der Waals surface area contributed by atoms with E-state index in [1.54, 1.807) is 19.2 Å². The molecule has 1 aliphatic rings. The molecule has 7 heteroatoms. The Bertz CT molecular complexity index is 571. The number of nitrogens with zero attached hydrogens (tertiary/aromatic N) is 2. The molecule has 2 N–H and O–H groups in total. The SMILES string of the molecule is CCOC1CCN(C(=NC)NCC(=O)Nc2cccc(F)c2)CC1. The topological polar surface area (TPSA) is 66.0 Å². The summed E-state index contributed by atoms with van der Waals surface area (Å²) in [5, 5.41) is 5.70. The smallest absolute Gasteiger partial charge is 0.243 e. The van der Waals surface area contributed by atoms with Gasteiger partial charge >= 0.3 is 0 Å². The second kappa shape index (κ2) is 9.22. The minimum atomic E-state index is -0.381. The van der Waals surface area contributed by atoms with Gasteiger partial charge in [-0.25, -0.2) is 4.39 Å². The number of ether oxygens (including phenoxy) is 1. The molecule has 1 aromatic rings. The maximum atomic E-state index is 13.1. The highest BCUT2D eigenvalue weighted by Gasteiger charge is 2.21. The minimum absolute atomic E-state index is 0.0780. The molecular formula is C17H25FN4O2. The Labute approximate surface area is 142 Å². The third-order valence-electron chi connectivity index (χ3n) is 3.87. The predicted octanol–water partition coefficient (Wildman–Crippen LogP) is 1.84. The fourth-order valence-electron chi connectivity index (χ4n) is 2.73. The van der Waals surface area contributed by atoms with Crippen molar-refractivity contribution in [2.45, 2.75) is 25.9 Å². The Morgan fingerprint density at radius 1 is 1.42 bits per heavy atom. The van der Waals surface area contributed by atoms with Gasteiger partial charge in [0.1, 0.15) is 5.82 Å². The first kappa shape index (κ1) is 18.2. The molecule has 6 nitrogen and oxygen atoms in total. The normalized spacial score (nSPS) is 16.1. The first-order valence-corrected chi connectivity index (χ1v) is 8.25. The van der Waals surface area contributed by atoms with Gasteiger partial charge in [0.2, 0.25) is 5.91 Å². The Kier molecular flexibility index (Phi) is 6.99. The summed E-state index contributed by atoms with van der Waals surface area (Å²) >= 11 is 0. The number of likely N-dealkylation sites (tertiary alicyclic amines) is 1. The molecular weight excluding hydrogens is 311 g/mol. The minimum Gasteiger partial charge on any atom is -0.378 e. The van der Waals surface area contributed by atoms with Gasteiger partial charge < -0.3 is 20.3 Å². The number of nitrogens with one attached hydrogen (secondary N) is 2. The summed E-state index contributed by atoms with van der Waals surface area (Å²) in [5.74, 6) is 0.0685. The summed E-state index contributed by atoms with van der Waals surface area (Å²) in [6.45, 7) is 4.50. The van der Waals surface area contributed by atoms with Crippen molar-refractivity contribution in [3.8, 4) is 0 Å². The monoisotopic (exact) mass is 336 g/mol. The molecule has 132 valence electrons. The lowest BCUT2D eigenvalue weighted by Crippen LogP contribution is -2.48. The lowest BCUT2D eigenvalue weighted by molar-refractivity contribution is -0.115. The molecule has 0 radical (unpaired) electrons. The van der Waals surface area contributed by atoms with Crippen LogP contribution in [0.4, 0.5) is 10.1 Å². The number of hydrogen-bond acceptors (Lipinski definition) is 3. The van der Waals surface area contributed by atoms with E-state index in [9.17, 15) is 9.18 Å². The van der Waals surface area contributed by atoms with E-state index in [2.05, 4.69) is 20.5 Å². The molecule has 0 aromatic heterocycles. The molecule has 0 unspecified atom stereocenters. The molecule has 0 aliphatic carbocycles. The highest BCUT2D eigenvalue weighted by molar-refractivity contribution is 5.95. The molecule has 1 fully saturated rings. The van der Waals surface area contributed by atoms with Crippen molar-refractivity contribution in [1.29, 1.82) is 0 Å². The molecule has 1 amide bonds. The van der Waals surface area contributed by atoms with E-state index in [1.807, 2.05) is 6.92 Å². The van der Waals surface area contributed by atoms with Gasteiger partial charge in [0.15, 0.2) is 5.96 Å². The van der Waals surface area contributed by atoms with Gasteiger partial charge in [-0.05, 0) is 38.0 Å². The molecule has 2 rings (SSSR count). The van der Waals surface area contributed by atoms with Crippen LogP contribution in [0.15, 0.2) is 29.3 Å². The average molecular weight is 336 g/mol. The number of carbonyl (C=O) groups excluding carboxylic acids is 1. The van der Waals surface area contributed by atoms with Gasteiger partial charge in [0.25, 0.3) is 0 Å². The van der Waals surface area contributed by atoms with E-state index in [-0.39, 0.29) is 18.3 Å². The first-order chi connectivity index (χ1) is 11.6. The quantitative estimate of drug-likeness (QED) is 0.636. The van der Waals surface area contributed by atoms with E-state index >= 15 is 0 Å². The van der Waals surface area contributed by atoms with Crippen LogP contribution < -0.4 is 10.6 Å². The number of rotatable bonds is 5. The first-order valence-electron chi connectivity index (χ1n) is 8.25. The number of anilines is 1. The zero-order valence-electron chi connectivity index (χ0n) is 14.2. The summed E-state index contributed by atoms with van der Waals surface area (Å²) in [7, 11) is 1.70. The molecule has 1 aliphatic heterocycles. The highest BCUT2D eigenvalue weighted by atomic mass is 19.1. The van der Waals surface area contributed by atoms with Gasteiger partial charge in [0, 0.05) is 32.4 Å². The maximum Gasteiger partial charge on any atom is 0.243 e. The summed E-state index contributed by atoms with van der Waals surface area (Å²) in [6, 6.07) is 5.82. The lowest BCUT2D eigenvalue weighted by Gasteiger charge is -2.33. The van der Waals surface area contributed by atoms with Gasteiger partial charge in [-0.3, -0.25) is 9.79 Å². The summed E-state index contributed by atoms with van der Waals surface area (Å²) in [6.07, 6.45) is 2.20. The van der Waals surface area contributed by atoms with Gasteiger partial charge in [-0.15, -0.1) is 0 Å². The zero-order valence-corrected chi connectivity index (χ0v) is 14.2. The average Bonchev–Trinajstić information content (AvgIpc) is 2.57. The van der Waals surface area contributed by atoms with Crippen LogP contribution in [-0.2, 0) is 9.53 Å². The second-order valence-electron chi connectivity index (χ2n) is 5.60. The summed E-state index contributed by atoms with van der Waals surface area (Å²) in [5.41, 5.74) is 0.439. The van der Waals surface area contributed by atoms with Crippen molar-refractivity contribution in [2.75, 3.05) is 38.6 Å². The van der Waals surface area contributed by atoms with E-state index in [4.69, 9.17) is 4.74 Å². The van der Waals surface area contributed by atoms with Crippen LogP contribution in [-0.4, -0.2) is 56.2 Å². The number of amides is 1. The van der Waals surface area contributed by atoms with Gasteiger partial charge in [-0.1, -0.05) is 6.07 Å². The highest BCUT2D eigenvalue weighted by Crippen LogP contribution is 2.13. The Morgan fingerprint density at radius 3 is 2.79 bits per heavy atom. The molecule has 1 heterocycles. The molecule has 1 saturated heterocycles. The van der Waals surface area contributed by atoms with Crippen LogP contribution in [0.25, 0.3) is 0 Å². The van der Waals surface area contributed by atoms with Crippen LogP contribution in [0.5, 0.6) is 0 Å². The van der Waals surface area contributed by atoms with Crippen molar-refractivity contribution in [2.24, 2.45) is 4.99 Å². The van der Waals surface area contributed by atoms with E-state index in [0.717, 1.165) is 32.5 Å². The largest absolute Gasteiger partial charge is 0.378 e. The zero-order chi connectivity index (χ0) is 17.4. The van der Waals surface area contributed by atoms with Crippen molar-refractivity contribution in [3.63, 3.8) is 0 Å². The third kappa shape index (κ3) is 5.49. The molecule has 1 aromatic carbocycles. The van der Waals surface area contributed by atoms with Crippen molar-refractivity contribution in [1.82, 2.24) is 10.2 Å². The number of halogens is 1. The fourth-order valence-corrected chi connectivity index (χ4v) is 2.73. The van der Waals surface area contributed by atoms with Crippen molar-refractivity contribution < 1.29 is 13.9 Å². The van der Waals surface area contributed by atoms with Gasteiger partial charge in [0.05, 0.1) is 12.6 Å². The molecule has 0 spiro atoms. The number of guanidine groups is 1. The molecule has 0 bridgehead atoms. The Morgan fingerprint density at radius 2 is 2.17 bits per heavy atom. The van der Waals surface area contributed by atoms with Crippen LogP contribution in [0.3, 0.4) is 0 Å². The summed E-state index contributed by atoms with van der Waals surface area (Å²) < 4.78 is 18.7. The molecule has 24 heavy (non-hydrogen) atoms. The van der Waals surface area contributed by atoms with Crippen molar-refractivity contribution in [3.05, 3.63) is 30.1 Å². The molecule has 0 saturated carbocycles. The van der Waals surface area contributed by atoms with Gasteiger partial charge in [-0.2, -0.15) is 0 Å². The van der Waals surface area contributed by atoms with E-state index < -0.39 is 0 Å². The second-order valence-corrected chi connectivity index (χ2v) is 5.60. The third-order valence-corrected chi connectivity index (χ3v) is 3.87. The van der Waals surface area contributed by atoms with Crippen molar-refractivity contribution >= 4 is 17.6 Å². The Balaban J connectivity index is 1.78. The summed E-state index contributed by atoms with van der Waals surface area (Å²) in [4.78, 5) is 18.3. The number of aliphatic imine (C=N–C) groups is 1. The van der Waals surface area contributed by atoms with E-state index in [1.165, 1.54) is 12.1 Å². The van der Waals surface area contributed by atoms with E-state index in [0.29, 0.717) is 17.8 Å². The van der Waals surface area contributed by atoms with Crippen LogP contribution in [0, 0.1) is 5.82 Å². The van der Waals surface area contributed by atoms with Crippen LogP contribution in [0.2, 0.25) is 0 Å². The number of hydrogen-bond donors (Lipinski definition) is 2. The fraction of sp³-hybridized carbons (Fsp3) is 0.529. The molecule has 0 atom stereocenters. The number of carbonyl (C=O) groups is 1. The lowest BCUT2D eigenvalue weighted by atomic mass is 10.1. The number of piperidine rings is 1. The number of benzene rings is 1.